The first-order valence-corrected chi connectivity index (χ1v) is 6.55. The van der Waals surface area contributed by atoms with Crippen molar-refractivity contribution in [3.05, 3.63) is 11.4 Å². The van der Waals surface area contributed by atoms with Gasteiger partial charge < -0.3 is 15.2 Å². The Morgan fingerprint density at radius 1 is 1.50 bits per heavy atom. The summed E-state index contributed by atoms with van der Waals surface area (Å²) in [6.07, 6.45) is 2.74. The number of carboxylic acids is 1. The van der Waals surface area contributed by atoms with Crippen LogP contribution in [0, 0.1) is 0 Å². The number of hydrogen-bond donors (Lipinski definition) is 2. The first kappa shape index (κ1) is 14.4. The maximum absolute atomic E-state index is 11.6. The van der Waals surface area contributed by atoms with Crippen molar-refractivity contribution in [2.45, 2.75) is 38.3 Å². The van der Waals surface area contributed by atoms with Gasteiger partial charge in [-0.15, -0.1) is 5.10 Å². The van der Waals surface area contributed by atoms with E-state index in [9.17, 15) is 9.59 Å². The molecule has 1 aliphatic carbocycles. The second kappa shape index (κ2) is 6.47. The maximum atomic E-state index is 11.6. The smallest absolute Gasteiger partial charge is 0.358 e. The number of aromatic carboxylic acids is 1. The zero-order chi connectivity index (χ0) is 14.5. The zero-order valence-corrected chi connectivity index (χ0v) is 11.3. The summed E-state index contributed by atoms with van der Waals surface area (Å²) < 4.78 is 6.42. The highest BCUT2D eigenvalue weighted by atomic mass is 16.5. The predicted molar refractivity (Wildman–Crippen MR) is 68.3 cm³/mol. The van der Waals surface area contributed by atoms with Crippen LogP contribution in [0.3, 0.4) is 0 Å². The van der Waals surface area contributed by atoms with Gasteiger partial charge in [0.05, 0.1) is 18.8 Å². The number of nitrogens with zero attached hydrogens (tertiary/aromatic N) is 3. The number of ether oxygens (including phenoxy) is 1. The molecule has 0 radical (unpaired) electrons. The van der Waals surface area contributed by atoms with Gasteiger partial charge in [-0.2, -0.15) is 0 Å². The van der Waals surface area contributed by atoms with Crippen LogP contribution in [0.15, 0.2) is 0 Å². The normalized spacial score (nSPS) is 14.2. The van der Waals surface area contributed by atoms with Crippen LogP contribution >= 0.6 is 0 Å². The molecule has 1 aliphatic rings. The first-order chi connectivity index (χ1) is 9.61. The van der Waals surface area contributed by atoms with E-state index in [4.69, 9.17) is 9.84 Å². The number of nitrogens with one attached hydrogen (secondary N) is 1. The lowest BCUT2D eigenvalue weighted by atomic mass is 10.2. The van der Waals surface area contributed by atoms with Crippen LogP contribution in [0.5, 0.6) is 0 Å². The Morgan fingerprint density at radius 2 is 2.25 bits per heavy atom. The molecule has 0 aliphatic heterocycles. The van der Waals surface area contributed by atoms with Crippen LogP contribution in [0.2, 0.25) is 0 Å². The van der Waals surface area contributed by atoms with Crippen molar-refractivity contribution in [1.29, 1.82) is 0 Å². The lowest BCUT2D eigenvalue weighted by Gasteiger charge is -2.07. The second-order valence-corrected chi connectivity index (χ2v) is 4.75. The molecular formula is C12H18N4O4. The topological polar surface area (TPSA) is 106 Å². The van der Waals surface area contributed by atoms with E-state index in [2.05, 4.69) is 15.6 Å². The SMILES string of the molecule is COCCc1c(C(=O)O)nnn1CCC(=O)NC1CC1. The lowest BCUT2D eigenvalue weighted by molar-refractivity contribution is -0.121. The van der Waals surface area contributed by atoms with Gasteiger partial charge in [0.1, 0.15) is 0 Å². The van der Waals surface area contributed by atoms with Crippen LogP contribution < -0.4 is 5.32 Å². The number of carbonyl (C=O) groups excluding carboxylic acids is 1. The van der Waals surface area contributed by atoms with E-state index in [1.807, 2.05) is 0 Å². The molecule has 2 N–H and O–H groups in total. The molecule has 1 amide bonds. The molecule has 8 heteroatoms. The number of rotatable bonds is 8. The van der Waals surface area contributed by atoms with E-state index in [1.54, 1.807) is 0 Å². The molecule has 2 rings (SSSR count). The zero-order valence-electron chi connectivity index (χ0n) is 11.3. The average Bonchev–Trinajstić information content (AvgIpc) is 3.11. The molecule has 0 bridgehead atoms. The molecule has 0 aromatic carbocycles. The minimum Gasteiger partial charge on any atom is -0.476 e. The summed E-state index contributed by atoms with van der Waals surface area (Å²) in [5.41, 5.74) is 0.406. The molecule has 0 spiro atoms. The van der Waals surface area contributed by atoms with E-state index in [1.165, 1.54) is 11.8 Å². The highest BCUT2D eigenvalue weighted by Crippen LogP contribution is 2.18. The second-order valence-electron chi connectivity index (χ2n) is 4.75. The highest BCUT2D eigenvalue weighted by Gasteiger charge is 2.23. The van der Waals surface area contributed by atoms with Crippen LogP contribution in [-0.4, -0.2) is 51.7 Å². The third-order valence-corrected chi connectivity index (χ3v) is 3.08. The Kier molecular flexibility index (Phi) is 4.67. The molecule has 0 unspecified atom stereocenters. The molecule has 110 valence electrons. The van der Waals surface area contributed by atoms with Crippen LogP contribution in [0.25, 0.3) is 0 Å². The maximum Gasteiger partial charge on any atom is 0.358 e. The minimum absolute atomic E-state index is 0.0439. The number of aryl methyl sites for hydroxylation is 1. The van der Waals surface area contributed by atoms with Crippen LogP contribution in [-0.2, 0) is 22.5 Å². The number of methoxy groups -OCH3 is 1. The van der Waals surface area contributed by atoms with Crippen molar-refractivity contribution in [1.82, 2.24) is 20.3 Å². The molecule has 0 atom stereocenters. The molecule has 20 heavy (non-hydrogen) atoms. The van der Waals surface area contributed by atoms with Gasteiger partial charge in [0.25, 0.3) is 0 Å². The van der Waals surface area contributed by atoms with Gasteiger partial charge in [-0.3, -0.25) is 4.79 Å². The Bertz CT molecular complexity index is 496. The number of carboxylic acid groups (broad SMARTS) is 1. The van der Waals surface area contributed by atoms with E-state index in [0.717, 1.165) is 12.8 Å². The molecule has 1 heterocycles. The summed E-state index contributed by atoms with van der Waals surface area (Å²) in [4.78, 5) is 22.7. The van der Waals surface area contributed by atoms with Gasteiger partial charge in [0.2, 0.25) is 5.91 Å². The van der Waals surface area contributed by atoms with Crippen LogP contribution in [0.4, 0.5) is 0 Å². The number of aromatic nitrogens is 3. The molecular weight excluding hydrogens is 264 g/mol. The Hall–Kier alpha value is -1.96. The molecule has 1 fully saturated rings. The summed E-state index contributed by atoms with van der Waals surface area (Å²) in [5.74, 6) is -1.16. The van der Waals surface area contributed by atoms with Gasteiger partial charge >= 0.3 is 5.97 Å². The Balaban J connectivity index is 1.97. The monoisotopic (exact) mass is 282 g/mol. The minimum atomic E-state index is -1.12. The van der Waals surface area contributed by atoms with Crippen molar-refractivity contribution in [3.63, 3.8) is 0 Å². The molecule has 1 aromatic heterocycles. The quantitative estimate of drug-likeness (QED) is 0.686. The van der Waals surface area contributed by atoms with Gasteiger partial charge in [-0.25, -0.2) is 9.48 Å². The standard InChI is InChI=1S/C12H18N4O4/c1-20-7-5-9-11(12(18)19)14-15-16(9)6-4-10(17)13-8-2-3-8/h8H,2-7H2,1H3,(H,13,17)(H,18,19). The summed E-state index contributed by atoms with van der Waals surface area (Å²) >= 11 is 0. The number of carbonyl (C=O) groups is 2. The Morgan fingerprint density at radius 3 is 2.85 bits per heavy atom. The average molecular weight is 282 g/mol. The summed E-state index contributed by atoms with van der Waals surface area (Å²) in [6, 6.07) is 0.320. The van der Waals surface area contributed by atoms with E-state index < -0.39 is 5.97 Å². The predicted octanol–water partition coefficient (Wildman–Crippen LogP) is -0.166. The third kappa shape index (κ3) is 3.77. The first-order valence-electron chi connectivity index (χ1n) is 6.55. The lowest BCUT2D eigenvalue weighted by Crippen LogP contribution is -2.26. The van der Waals surface area contributed by atoms with Gasteiger partial charge in [-0.05, 0) is 12.8 Å². The molecule has 0 saturated heterocycles. The number of amides is 1. The fraction of sp³-hybridized carbons (Fsp3) is 0.667. The fourth-order valence-corrected chi connectivity index (χ4v) is 1.86. The Labute approximate surface area is 116 Å². The van der Waals surface area contributed by atoms with Crippen molar-refractivity contribution < 1.29 is 19.4 Å². The van der Waals surface area contributed by atoms with Crippen molar-refractivity contribution >= 4 is 11.9 Å². The van der Waals surface area contributed by atoms with E-state index in [0.29, 0.717) is 31.3 Å². The van der Waals surface area contributed by atoms with Gasteiger partial charge in [0, 0.05) is 26.0 Å². The summed E-state index contributed by atoms with van der Waals surface area (Å²) in [7, 11) is 1.54. The van der Waals surface area contributed by atoms with Crippen molar-refractivity contribution in [2.24, 2.45) is 0 Å². The molecule has 1 aromatic rings. The van der Waals surface area contributed by atoms with Crippen molar-refractivity contribution in [3.8, 4) is 0 Å². The largest absolute Gasteiger partial charge is 0.476 e. The summed E-state index contributed by atoms with van der Waals surface area (Å²) in [5, 5.41) is 19.4. The van der Waals surface area contributed by atoms with Crippen LogP contribution in [0.1, 0.15) is 35.4 Å². The third-order valence-electron chi connectivity index (χ3n) is 3.08. The van der Waals surface area contributed by atoms with E-state index in [-0.39, 0.29) is 18.0 Å². The molecule has 1 saturated carbocycles. The molecule has 8 nitrogen and oxygen atoms in total. The fourth-order valence-electron chi connectivity index (χ4n) is 1.86. The van der Waals surface area contributed by atoms with Gasteiger partial charge in [0.15, 0.2) is 5.69 Å². The van der Waals surface area contributed by atoms with E-state index >= 15 is 0 Å². The highest BCUT2D eigenvalue weighted by molar-refractivity contribution is 5.86. The number of hydrogen-bond acceptors (Lipinski definition) is 5. The summed E-state index contributed by atoms with van der Waals surface area (Å²) in [6.45, 7) is 0.694. The van der Waals surface area contributed by atoms with Crippen molar-refractivity contribution in [2.75, 3.05) is 13.7 Å². The van der Waals surface area contributed by atoms with Gasteiger partial charge in [-0.1, -0.05) is 5.21 Å².